The van der Waals surface area contributed by atoms with Crippen LogP contribution >= 0.6 is 0 Å². The van der Waals surface area contributed by atoms with Crippen molar-refractivity contribution in [3.05, 3.63) is 24.3 Å². The fourth-order valence-electron chi connectivity index (χ4n) is 3.85. The highest BCUT2D eigenvalue weighted by molar-refractivity contribution is 5.94. The van der Waals surface area contributed by atoms with Crippen LogP contribution in [-0.4, -0.2) is 36.5 Å². The van der Waals surface area contributed by atoms with Gasteiger partial charge in [0.05, 0.1) is 0 Å². The monoisotopic (exact) mass is 343 g/mol. The Bertz CT molecular complexity index is 647. The van der Waals surface area contributed by atoms with Crippen molar-refractivity contribution >= 4 is 17.5 Å². The first-order valence-corrected chi connectivity index (χ1v) is 9.25. The van der Waals surface area contributed by atoms with Crippen LogP contribution in [0.5, 0.6) is 5.75 Å². The molecule has 25 heavy (non-hydrogen) atoms. The molecule has 6 heteroatoms. The average molecular weight is 343 g/mol. The van der Waals surface area contributed by atoms with E-state index in [1.54, 1.807) is 12.1 Å². The Balaban J connectivity index is 1.24. The van der Waals surface area contributed by atoms with Crippen LogP contribution in [0.15, 0.2) is 24.3 Å². The Labute approximate surface area is 147 Å². The molecule has 3 N–H and O–H groups in total. The van der Waals surface area contributed by atoms with Gasteiger partial charge < -0.3 is 20.7 Å². The van der Waals surface area contributed by atoms with Gasteiger partial charge in [-0.25, -0.2) is 0 Å². The van der Waals surface area contributed by atoms with E-state index in [2.05, 4.69) is 16.0 Å². The van der Waals surface area contributed by atoms with Gasteiger partial charge in [0.15, 0.2) is 6.61 Å². The highest BCUT2D eigenvalue weighted by atomic mass is 16.5. The van der Waals surface area contributed by atoms with Crippen LogP contribution in [0, 0.1) is 5.92 Å². The second-order valence-corrected chi connectivity index (χ2v) is 7.45. The number of rotatable bonds is 6. The lowest BCUT2D eigenvalue weighted by Crippen LogP contribution is -2.48. The summed E-state index contributed by atoms with van der Waals surface area (Å²) in [4.78, 5) is 24.0. The molecule has 2 atom stereocenters. The van der Waals surface area contributed by atoms with Crippen molar-refractivity contribution in [3.8, 4) is 5.75 Å². The van der Waals surface area contributed by atoms with Crippen LogP contribution in [0.4, 0.5) is 5.69 Å². The van der Waals surface area contributed by atoms with E-state index >= 15 is 0 Å². The van der Waals surface area contributed by atoms with Crippen LogP contribution in [0.1, 0.15) is 38.5 Å². The normalized spacial score (nSPS) is 27.6. The standard InChI is InChI=1S/C19H25N3O3/c23-18(21-16-8-14-6-7-15(9-16)20-14)11-25-17-3-1-2-13(10-17)22-19(24)12-4-5-12/h1-3,10,12,14-16,20H,4-9,11H2,(H,21,23)(H,22,24). The zero-order valence-electron chi connectivity index (χ0n) is 14.3. The maximum absolute atomic E-state index is 12.2. The Morgan fingerprint density at radius 2 is 1.88 bits per heavy atom. The molecule has 2 heterocycles. The Morgan fingerprint density at radius 3 is 2.60 bits per heavy atom. The molecule has 134 valence electrons. The molecule has 2 amide bonds. The summed E-state index contributed by atoms with van der Waals surface area (Å²) in [5.74, 6) is 0.735. The van der Waals surface area contributed by atoms with E-state index in [1.165, 1.54) is 12.8 Å². The zero-order chi connectivity index (χ0) is 17.2. The number of ether oxygens (including phenoxy) is 1. The van der Waals surface area contributed by atoms with E-state index in [0.29, 0.717) is 23.5 Å². The molecule has 1 aliphatic carbocycles. The van der Waals surface area contributed by atoms with E-state index in [1.807, 2.05) is 12.1 Å². The molecule has 1 aromatic carbocycles. The topological polar surface area (TPSA) is 79.5 Å². The van der Waals surface area contributed by atoms with Gasteiger partial charge in [0, 0.05) is 35.8 Å². The van der Waals surface area contributed by atoms with Gasteiger partial charge in [0.25, 0.3) is 5.91 Å². The summed E-state index contributed by atoms with van der Waals surface area (Å²) < 4.78 is 5.60. The summed E-state index contributed by atoms with van der Waals surface area (Å²) in [6.45, 7) is -0.000708. The quantitative estimate of drug-likeness (QED) is 0.736. The first kappa shape index (κ1) is 16.4. The van der Waals surface area contributed by atoms with Crippen molar-refractivity contribution in [3.63, 3.8) is 0 Å². The maximum atomic E-state index is 12.2. The number of fused-ring (bicyclic) bond motifs is 2. The van der Waals surface area contributed by atoms with Gasteiger partial charge in [-0.2, -0.15) is 0 Å². The minimum Gasteiger partial charge on any atom is -0.484 e. The number of anilines is 1. The van der Waals surface area contributed by atoms with Crippen LogP contribution in [0.25, 0.3) is 0 Å². The maximum Gasteiger partial charge on any atom is 0.258 e. The summed E-state index contributed by atoms with van der Waals surface area (Å²) in [5.41, 5.74) is 0.713. The number of nitrogens with one attached hydrogen (secondary N) is 3. The Morgan fingerprint density at radius 1 is 1.12 bits per heavy atom. The number of carbonyl (C=O) groups is 2. The predicted octanol–water partition coefficient (Wildman–Crippen LogP) is 1.81. The molecule has 0 aromatic heterocycles. The summed E-state index contributed by atoms with van der Waals surface area (Å²) in [5, 5.41) is 9.54. The molecule has 1 aromatic rings. The lowest BCUT2D eigenvalue weighted by atomic mass is 10.00. The van der Waals surface area contributed by atoms with Crippen molar-refractivity contribution in [2.75, 3.05) is 11.9 Å². The third kappa shape index (κ3) is 4.31. The molecule has 0 radical (unpaired) electrons. The van der Waals surface area contributed by atoms with E-state index in [9.17, 15) is 9.59 Å². The van der Waals surface area contributed by atoms with Gasteiger partial charge in [-0.15, -0.1) is 0 Å². The van der Waals surface area contributed by atoms with Crippen LogP contribution in [0.3, 0.4) is 0 Å². The summed E-state index contributed by atoms with van der Waals surface area (Å²) in [6.07, 6.45) is 6.39. The summed E-state index contributed by atoms with van der Waals surface area (Å²) in [7, 11) is 0. The molecule has 0 spiro atoms. The van der Waals surface area contributed by atoms with Crippen molar-refractivity contribution in [2.45, 2.75) is 56.7 Å². The van der Waals surface area contributed by atoms with Crippen LogP contribution in [-0.2, 0) is 9.59 Å². The smallest absolute Gasteiger partial charge is 0.258 e. The van der Waals surface area contributed by atoms with Gasteiger partial charge in [-0.05, 0) is 50.7 Å². The number of benzene rings is 1. The number of amides is 2. The third-order valence-electron chi connectivity index (χ3n) is 5.26. The Kier molecular flexibility index (Phi) is 4.61. The molecule has 1 saturated carbocycles. The number of hydrogen-bond acceptors (Lipinski definition) is 4. The lowest BCUT2D eigenvalue weighted by Gasteiger charge is -2.29. The van der Waals surface area contributed by atoms with Crippen molar-refractivity contribution in [1.29, 1.82) is 0 Å². The molecular formula is C19H25N3O3. The third-order valence-corrected chi connectivity index (χ3v) is 5.26. The largest absolute Gasteiger partial charge is 0.484 e. The van der Waals surface area contributed by atoms with Gasteiger partial charge in [-0.3, -0.25) is 9.59 Å². The average Bonchev–Trinajstić information content (AvgIpc) is 3.39. The van der Waals surface area contributed by atoms with E-state index in [4.69, 9.17) is 4.74 Å². The summed E-state index contributed by atoms with van der Waals surface area (Å²) >= 11 is 0. The second kappa shape index (κ2) is 7.04. The molecule has 2 bridgehead atoms. The lowest BCUT2D eigenvalue weighted by molar-refractivity contribution is -0.124. The molecule has 2 aliphatic heterocycles. The summed E-state index contributed by atoms with van der Waals surface area (Å²) in [6, 6.07) is 8.56. The molecule has 3 fully saturated rings. The van der Waals surface area contributed by atoms with Crippen molar-refractivity contribution < 1.29 is 14.3 Å². The first-order valence-electron chi connectivity index (χ1n) is 9.25. The molecular weight excluding hydrogens is 318 g/mol. The van der Waals surface area contributed by atoms with Gasteiger partial charge in [-0.1, -0.05) is 6.07 Å². The molecule has 2 unspecified atom stereocenters. The van der Waals surface area contributed by atoms with E-state index < -0.39 is 0 Å². The SMILES string of the molecule is O=C(COc1cccc(NC(=O)C2CC2)c1)NC1CC2CCC(C1)N2. The Hall–Kier alpha value is -2.08. The minimum absolute atomic E-state index is 0.000708. The van der Waals surface area contributed by atoms with Gasteiger partial charge in [0.2, 0.25) is 5.91 Å². The van der Waals surface area contributed by atoms with E-state index in [-0.39, 0.29) is 30.4 Å². The number of hydrogen-bond donors (Lipinski definition) is 3. The van der Waals surface area contributed by atoms with Gasteiger partial charge >= 0.3 is 0 Å². The fourth-order valence-corrected chi connectivity index (χ4v) is 3.85. The first-order chi connectivity index (χ1) is 12.2. The zero-order valence-corrected chi connectivity index (χ0v) is 14.3. The highest BCUT2D eigenvalue weighted by Crippen LogP contribution is 2.30. The molecule has 2 saturated heterocycles. The van der Waals surface area contributed by atoms with Crippen molar-refractivity contribution in [2.24, 2.45) is 5.92 Å². The number of piperidine rings is 1. The highest BCUT2D eigenvalue weighted by Gasteiger charge is 2.34. The van der Waals surface area contributed by atoms with Crippen LogP contribution in [0.2, 0.25) is 0 Å². The predicted molar refractivity (Wildman–Crippen MR) is 94.4 cm³/mol. The fraction of sp³-hybridized carbons (Fsp3) is 0.579. The van der Waals surface area contributed by atoms with Crippen LogP contribution < -0.4 is 20.7 Å². The molecule has 3 aliphatic rings. The van der Waals surface area contributed by atoms with E-state index in [0.717, 1.165) is 25.7 Å². The molecule has 4 rings (SSSR count). The van der Waals surface area contributed by atoms with Crippen molar-refractivity contribution in [1.82, 2.24) is 10.6 Å². The minimum atomic E-state index is -0.0845. The van der Waals surface area contributed by atoms with Gasteiger partial charge in [0.1, 0.15) is 5.75 Å². The number of carbonyl (C=O) groups excluding carboxylic acids is 2. The second-order valence-electron chi connectivity index (χ2n) is 7.45. The molecule has 6 nitrogen and oxygen atoms in total.